The Labute approximate surface area is 123 Å². The average molecular weight is 295 g/mol. The van der Waals surface area contributed by atoms with Crippen molar-refractivity contribution in [3.8, 4) is 0 Å². The second-order valence-electron chi connectivity index (χ2n) is 4.62. The first-order valence-electron chi connectivity index (χ1n) is 7.13. The number of hydrogen-bond donors (Lipinski definition) is 1. The van der Waals surface area contributed by atoms with Crippen LogP contribution < -0.4 is 5.32 Å². The van der Waals surface area contributed by atoms with Crippen LogP contribution in [0.25, 0.3) is 0 Å². The van der Waals surface area contributed by atoms with Gasteiger partial charge in [-0.25, -0.2) is 4.98 Å². The number of nitrogens with one attached hydrogen (secondary N) is 1. The lowest BCUT2D eigenvalue weighted by Gasteiger charge is -2.06. The van der Waals surface area contributed by atoms with Crippen LogP contribution in [0.2, 0.25) is 0 Å². The first-order chi connectivity index (χ1) is 10.1. The minimum absolute atomic E-state index is 0.0564. The van der Waals surface area contributed by atoms with E-state index in [1.54, 1.807) is 0 Å². The summed E-state index contributed by atoms with van der Waals surface area (Å²) in [5.74, 6) is 0.323. The molecule has 1 rings (SSSR count). The molecule has 0 atom stereocenters. The first kappa shape index (κ1) is 16.9. The number of pyridine rings is 1. The molecule has 0 radical (unpaired) electrons. The van der Waals surface area contributed by atoms with Crippen molar-refractivity contribution in [3.05, 3.63) is 28.4 Å². The third kappa shape index (κ3) is 7.24. The number of ether oxygens (including phenoxy) is 1. The van der Waals surface area contributed by atoms with Gasteiger partial charge in [-0.2, -0.15) is 0 Å². The fraction of sp³-hybridized carbons (Fsp3) is 0.571. The second kappa shape index (κ2) is 9.68. The topological polar surface area (TPSA) is 94.4 Å². The Morgan fingerprint density at radius 1 is 1.38 bits per heavy atom. The molecule has 0 aliphatic heterocycles. The summed E-state index contributed by atoms with van der Waals surface area (Å²) in [7, 11) is 0. The number of carbonyl (C=O) groups excluding carboxylic acids is 1. The van der Waals surface area contributed by atoms with Gasteiger partial charge in [-0.3, -0.25) is 14.9 Å². The number of nitro groups is 1. The minimum Gasteiger partial charge on any atom is -0.464 e. The van der Waals surface area contributed by atoms with E-state index in [4.69, 9.17) is 4.74 Å². The molecule has 0 saturated heterocycles. The summed E-state index contributed by atoms with van der Waals surface area (Å²) < 4.78 is 5.07. The zero-order chi connectivity index (χ0) is 15.5. The van der Waals surface area contributed by atoms with Crippen molar-refractivity contribution < 1.29 is 14.5 Å². The highest BCUT2D eigenvalue weighted by molar-refractivity contribution is 5.69. The van der Waals surface area contributed by atoms with Gasteiger partial charge in [0.25, 0.3) is 5.69 Å². The van der Waals surface area contributed by atoms with E-state index in [1.807, 2.05) is 0 Å². The molecule has 1 N–H and O–H groups in total. The lowest BCUT2D eigenvalue weighted by atomic mass is 10.2. The van der Waals surface area contributed by atoms with Crippen molar-refractivity contribution in [2.45, 2.75) is 39.0 Å². The quantitative estimate of drug-likeness (QED) is 0.309. The molecule has 116 valence electrons. The van der Waals surface area contributed by atoms with E-state index in [2.05, 4.69) is 17.2 Å². The summed E-state index contributed by atoms with van der Waals surface area (Å²) in [4.78, 5) is 25.2. The molecule has 1 heterocycles. The van der Waals surface area contributed by atoms with Gasteiger partial charge in [0.2, 0.25) is 0 Å². The van der Waals surface area contributed by atoms with Gasteiger partial charge in [0.05, 0.1) is 11.5 Å². The molecule has 0 aliphatic carbocycles. The summed E-state index contributed by atoms with van der Waals surface area (Å²) in [6, 6.07) is 2.89. The normalized spacial score (nSPS) is 10.1. The Morgan fingerprint density at radius 3 is 2.81 bits per heavy atom. The highest BCUT2D eigenvalue weighted by Gasteiger charge is 2.05. The van der Waals surface area contributed by atoms with Crippen molar-refractivity contribution >= 4 is 17.5 Å². The lowest BCUT2D eigenvalue weighted by molar-refractivity contribution is -0.385. The van der Waals surface area contributed by atoms with Crippen LogP contribution in [0.15, 0.2) is 18.3 Å². The molecule has 0 aromatic carbocycles. The van der Waals surface area contributed by atoms with Gasteiger partial charge in [-0.05, 0) is 12.5 Å². The number of carbonyl (C=O) groups is 1. The molecule has 1 aromatic heterocycles. The van der Waals surface area contributed by atoms with Crippen LogP contribution in [0.1, 0.15) is 39.0 Å². The van der Waals surface area contributed by atoms with Crippen LogP contribution in [0.3, 0.4) is 0 Å². The molecule has 0 saturated carbocycles. The summed E-state index contributed by atoms with van der Waals surface area (Å²) in [6.45, 7) is 2.80. The summed E-state index contributed by atoms with van der Waals surface area (Å²) in [5.41, 5.74) is -0.0564. The van der Waals surface area contributed by atoms with Crippen molar-refractivity contribution in [3.63, 3.8) is 0 Å². The molecule has 0 fully saturated rings. The molecule has 0 aliphatic rings. The number of nitrogens with zero attached hydrogens (tertiary/aromatic N) is 2. The number of anilines is 1. The fourth-order valence-electron chi connectivity index (χ4n) is 1.71. The van der Waals surface area contributed by atoms with Crippen molar-refractivity contribution in [2.24, 2.45) is 0 Å². The van der Waals surface area contributed by atoms with E-state index < -0.39 is 4.92 Å². The molecular weight excluding hydrogens is 274 g/mol. The van der Waals surface area contributed by atoms with Crippen LogP contribution in [-0.4, -0.2) is 29.0 Å². The van der Waals surface area contributed by atoms with Crippen LogP contribution in [0, 0.1) is 10.1 Å². The molecule has 0 unspecified atom stereocenters. The lowest BCUT2D eigenvalue weighted by Crippen LogP contribution is -2.14. The summed E-state index contributed by atoms with van der Waals surface area (Å²) in [5, 5.41) is 13.4. The first-order valence-corrected chi connectivity index (χ1v) is 7.13. The predicted molar refractivity (Wildman–Crippen MR) is 79.1 cm³/mol. The Balaban J connectivity index is 2.13. The van der Waals surface area contributed by atoms with E-state index in [1.165, 1.54) is 18.3 Å². The number of hydrogen-bond acceptors (Lipinski definition) is 6. The van der Waals surface area contributed by atoms with Crippen LogP contribution >= 0.6 is 0 Å². The van der Waals surface area contributed by atoms with Gasteiger partial charge in [0.15, 0.2) is 0 Å². The summed E-state index contributed by atoms with van der Waals surface area (Å²) >= 11 is 0. The van der Waals surface area contributed by atoms with Gasteiger partial charge in [0.1, 0.15) is 18.6 Å². The minimum atomic E-state index is -0.503. The van der Waals surface area contributed by atoms with E-state index in [9.17, 15) is 14.9 Å². The van der Waals surface area contributed by atoms with Gasteiger partial charge in [-0.15, -0.1) is 0 Å². The van der Waals surface area contributed by atoms with Crippen LogP contribution in [0.4, 0.5) is 11.5 Å². The molecule has 1 aromatic rings. The van der Waals surface area contributed by atoms with Crippen molar-refractivity contribution in [1.82, 2.24) is 4.98 Å². The Kier molecular flexibility index (Phi) is 7.78. The Morgan fingerprint density at radius 2 is 2.19 bits per heavy atom. The number of aromatic nitrogens is 1. The number of rotatable bonds is 10. The van der Waals surface area contributed by atoms with Crippen LogP contribution in [-0.2, 0) is 9.53 Å². The van der Waals surface area contributed by atoms with Gasteiger partial charge in [-0.1, -0.05) is 26.2 Å². The third-order valence-electron chi connectivity index (χ3n) is 2.86. The predicted octanol–water partition coefficient (Wildman–Crippen LogP) is 2.92. The SMILES string of the molecule is CCCCCCC(=O)OCCNc1ccc([N+](=O)[O-])cn1. The largest absolute Gasteiger partial charge is 0.464 e. The second-order valence-corrected chi connectivity index (χ2v) is 4.62. The van der Waals surface area contributed by atoms with Crippen LogP contribution in [0.5, 0.6) is 0 Å². The van der Waals surface area contributed by atoms with E-state index in [0.717, 1.165) is 25.7 Å². The monoisotopic (exact) mass is 295 g/mol. The molecule has 21 heavy (non-hydrogen) atoms. The molecular formula is C14H21N3O4. The number of esters is 1. The van der Waals surface area contributed by atoms with Crippen molar-refractivity contribution in [2.75, 3.05) is 18.5 Å². The van der Waals surface area contributed by atoms with Gasteiger partial charge < -0.3 is 10.1 Å². The summed E-state index contributed by atoms with van der Waals surface area (Å²) in [6.07, 6.45) is 5.83. The highest BCUT2D eigenvalue weighted by atomic mass is 16.6. The van der Waals surface area contributed by atoms with E-state index in [0.29, 0.717) is 18.8 Å². The highest BCUT2D eigenvalue weighted by Crippen LogP contribution is 2.11. The third-order valence-corrected chi connectivity index (χ3v) is 2.86. The van der Waals surface area contributed by atoms with E-state index >= 15 is 0 Å². The molecule has 0 bridgehead atoms. The van der Waals surface area contributed by atoms with Gasteiger partial charge in [0, 0.05) is 12.5 Å². The fourth-order valence-corrected chi connectivity index (χ4v) is 1.71. The zero-order valence-electron chi connectivity index (χ0n) is 12.2. The van der Waals surface area contributed by atoms with Crippen molar-refractivity contribution in [1.29, 1.82) is 0 Å². The number of unbranched alkanes of at least 4 members (excludes halogenated alkanes) is 3. The van der Waals surface area contributed by atoms with E-state index in [-0.39, 0.29) is 18.3 Å². The average Bonchev–Trinajstić information content (AvgIpc) is 2.48. The van der Waals surface area contributed by atoms with Gasteiger partial charge >= 0.3 is 5.97 Å². The smallest absolute Gasteiger partial charge is 0.305 e. The molecule has 0 amide bonds. The maximum absolute atomic E-state index is 11.4. The molecule has 7 nitrogen and oxygen atoms in total. The Hall–Kier alpha value is -2.18. The molecule has 7 heteroatoms. The maximum atomic E-state index is 11.4. The Bertz CT molecular complexity index is 448. The standard InChI is InChI=1S/C14H21N3O4/c1-2-3-4-5-6-14(18)21-10-9-15-13-8-7-12(11-16-13)17(19)20/h7-8,11H,2-6,9-10H2,1H3,(H,15,16). The molecule has 0 spiro atoms. The maximum Gasteiger partial charge on any atom is 0.305 e. The zero-order valence-corrected chi connectivity index (χ0v) is 12.2.